The van der Waals surface area contributed by atoms with Crippen molar-refractivity contribution < 1.29 is 12.6 Å². The molecule has 4 heteroatoms. The van der Waals surface area contributed by atoms with Gasteiger partial charge in [-0.05, 0) is 48.3 Å². The summed E-state index contributed by atoms with van der Waals surface area (Å²) in [7, 11) is -3.51. The van der Waals surface area contributed by atoms with E-state index in [-0.39, 0.29) is 12.4 Å². The SMILES string of the molecule is O=S(=O)(Cc1ccccc1)OCCCc1cccc(C2CCCC2)c1. The fourth-order valence-corrected chi connectivity index (χ4v) is 4.60. The highest BCUT2D eigenvalue weighted by atomic mass is 32.2. The van der Waals surface area contributed by atoms with Gasteiger partial charge in [-0.3, -0.25) is 4.18 Å². The highest BCUT2D eigenvalue weighted by Crippen LogP contribution is 2.34. The molecule has 0 N–H and O–H groups in total. The van der Waals surface area contributed by atoms with Gasteiger partial charge in [0, 0.05) is 0 Å². The summed E-state index contributed by atoms with van der Waals surface area (Å²) in [6.07, 6.45) is 6.82. The van der Waals surface area contributed by atoms with Gasteiger partial charge in [0.15, 0.2) is 0 Å². The van der Waals surface area contributed by atoms with Gasteiger partial charge in [-0.15, -0.1) is 0 Å². The summed E-state index contributed by atoms with van der Waals surface area (Å²) in [5.74, 6) is 0.646. The van der Waals surface area contributed by atoms with E-state index in [0.717, 1.165) is 12.0 Å². The molecule has 2 aromatic carbocycles. The first-order valence-electron chi connectivity index (χ1n) is 9.12. The van der Waals surface area contributed by atoms with Crippen LogP contribution in [0, 0.1) is 0 Å². The fourth-order valence-electron chi connectivity index (χ4n) is 3.54. The molecule has 25 heavy (non-hydrogen) atoms. The minimum Gasteiger partial charge on any atom is -0.270 e. The number of benzene rings is 2. The van der Waals surface area contributed by atoms with E-state index < -0.39 is 10.1 Å². The molecule has 0 amide bonds. The molecule has 1 aliphatic carbocycles. The van der Waals surface area contributed by atoms with Crippen LogP contribution in [0.5, 0.6) is 0 Å². The van der Waals surface area contributed by atoms with Gasteiger partial charge in [0.2, 0.25) is 0 Å². The van der Waals surface area contributed by atoms with Crippen molar-refractivity contribution in [2.24, 2.45) is 0 Å². The first-order valence-corrected chi connectivity index (χ1v) is 10.7. The van der Waals surface area contributed by atoms with Gasteiger partial charge >= 0.3 is 0 Å². The quantitative estimate of drug-likeness (QED) is 0.502. The molecule has 134 valence electrons. The van der Waals surface area contributed by atoms with Gasteiger partial charge in [0.1, 0.15) is 5.75 Å². The highest BCUT2D eigenvalue weighted by Gasteiger charge is 2.17. The summed E-state index contributed by atoms with van der Waals surface area (Å²) < 4.78 is 29.2. The van der Waals surface area contributed by atoms with Crippen molar-refractivity contribution in [3.8, 4) is 0 Å². The molecule has 0 radical (unpaired) electrons. The van der Waals surface area contributed by atoms with Crippen LogP contribution in [-0.2, 0) is 26.5 Å². The van der Waals surface area contributed by atoms with Crippen LogP contribution in [0.3, 0.4) is 0 Å². The van der Waals surface area contributed by atoms with Gasteiger partial charge < -0.3 is 0 Å². The van der Waals surface area contributed by atoms with Crippen LogP contribution in [0.15, 0.2) is 54.6 Å². The van der Waals surface area contributed by atoms with E-state index in [1.165, 1.54) is 36.8 Å². The summed E-state index contributed by atoms with van der Waals surface area (Å²) in [4.78, 5) is 0. The molecule has 0 atom stereocenters. The molecule has 0 heterocycles. The normalized spacial score (nSPS) is 15.5. The molecular weight excluding hydrogens is 332 g/mol. The third kappa shape index (κ3) is 5.68. The summed E-state index contributed by atoms with van der Waals surface area (Å²) in [6.45, 7) is 0.239. The first kappa shape index (κ1) is 18.2. The van der Waals surface area contributed by atoms with E-state index in [1.54, 1.807) is 12.1 Å². The zero-order chi connectivity index (χ0) is 17.5. The maximum Gasteiger partial charge on any atom is 0.271 e. The first-order chi connectivity index (χ1) is 12.1. The lowest BCUT2D eigenvalue weighted by Crippen LogP contribution is -2.10. The van der Waals surface area contributed by atoms with Crippen LogP contribution >= 0.6 is 0 Å². The Bertz CT molecular complexity index is 763. The van der Waals surface area contributed by atoms with Gasteiger partial charge in [0.25, 0.3) is 10.1 Å². The molecular formula is C21H26O3S. The summed E-state index contributed by atoms with van der Waals surface area (Å²) >= 11 is 0. The molecule has 0 aliphatic heterocycles. The lowest BCUT2D eigenvalue weighted by atomic mass is 9.95. The van der Waals surface area contributed by atoms with Gasteiger partial charge in [-0.2, -0.15) is 8.42 Å². The Balaban J connectivity index is 1.46. The number of hydrogen-bond acceptors (Lipinski definition) is 3. The second-order valence-electron chi connectivity index (χ2n) is 6.84. The van der Waals surface area contributed by atoms with Crippen molar-refractivity contribution in [2.75, 3.05) is 6.61 Å². The Labute approximate surface area is 151 Å². The largest absolute Gasteiger partial charge is 0.271 e. The lowest BCUT2D eigenvalue weighted by molar-refractivity contribution is 0.311. The van der Waals surface area contributed by atoms with Crippen molar-refractivity contribution in [1.29, 1.82) is 0 Å². The third-order valence-electron chi connectivity index (χ3n) is 4.84. The predicted molar refractivity (Wildman–Crippen MR) is 101 cm³/mol. The third-order valence-corrected chi connectivity index (χ3v) is 6.05. The minimum absolute atomic E-state index is 0.0645. The molecule has 3 rings (SSSR count). The van der Waals surface area contributed by atoms with Gasteiger partial charge in [-0.25, -0.2) is 0 Å². The van der Waals surface area contributed by atoms with E-state index in [2.05, 4.69) is 24.3 Å². The second kappa shape index (κ2) is 8.63. The average molecular weight is 359 g/mol. The topological polar surface area (TPSA) is 43.4 Å². The van der Waals surface area contributed by atoms with Gasteiger partial charge in [-0.1, -0.05) is 67.4 Å². The molecule has 0 spiro atoms. The molecule has 1 saturated carbocycles. The molecule has 3 nitrogen and oxygen atoms in total. The van der Waals surface area contributed by atoms with E-state index in [0.29, 0.717) is 12.3 Å². The lowest BCUT2D eigenvalue weighted by Gasteiger charge is -2.11. The Hall–Kier alpha value is -1.65. The van der Waals surface area contributed by atoms with Crippen molar-refractivity contribution in [2.45, 2.75) is 50.2 Å². The minimum atomic E-state index is -3.51. The van der Waals surface area contributed by atoms with Crippen molar-refractivity contribution >= 4 is 10.1 Å². The summed E-state index contributed by atoms with van der Waals surface area (Å²) in [5.41, 5.74) is 3.47. The van der Waals surface area contributed by atoms with Crippen molar-refractivity contribution in [3.05, 3.63) is 71.3 Å². The van der Waals surface area contributed by atoms with Crippen LogP contribution in [0.1, 0.15) is 54.7 Å². The molecule has 1 fully saturated rings. The van der Waals surface area contributed by atoms with Crippen molar-refractivity contribution in [3.63, 3.8) is 0 Å². The molecule has 1 aliphatic rings. The number of aryl methyl sites for hydroxylation is 1. The van der Waals surface area contributed by atoms with E-state index in [9.17, 15) is 8.42 Å². The molecule has 0 unspecified atom stereocenters. The second-order valence-corrected chi connectivity index (χ2v) is 8.48. The molecule has 2 aromatic rings. The molecule has 0 saturated heterocycles. The maximum absolute atomic E-state index is 12.0. The predicted octanol–water partition coefficient (Wildman–Crippen LogP) is 4.82. The zero-order valence-electron chi connectivity index (χ0n) is 14.6. The van der Waals surface area contributed by atoms with Crippen LogP contribution in [0.4, 0.5) is 0 Å². The van der Waals surface area contributed by atoms with E-state index >= 15 is 0 Å². The Morgan fingerprint density at radius 3 is 2.40 bits per heavy atom. The fraction of sp³-hybridized carbons (Fsp3) is 0.429. The van der Waals surface area contributed by atoms with Crippen LogP contribution in [0.2, 0.25) is 0 Å². The van der Waals surface area contributed by atoms with Crippen molar-refractivity contribution in [1.82, 2.24) is 0 Å². The highest BCUT2D eigenvalue weighted by molar-refractivity contribution is 7.85. The van der Waals surface area contributed by atoms with E-state index in [1.807, 2.05) is 18.2 Å². The van der Waals surface area contributed by atoms with Crippen LogP contribution in [-0.4, -0.2) is 15.0 Å². The number of hydrogen-bond donors (Lipinski definition) is 0. The van der Waals surface area contributed by atoms with Crippen LogP contribution in [0.25, 0.3) is 0 Å². The summed E-state index contributed by atoms with van der Waals surface area (Å²) in [5, 5.41) is 0. The average Bonchev–Trinajstić information content (AvgIpc) is 3.14. The maximum atomic E-state index is 12.0. The molecule has 0 aromatic heterocycles. The molecule has 0 bridgehead atoms. The monoisotopic (exact) mass is 358 g/mol. The Morgan fingerprint density at radius 2 is 1.64 bits per heavy atom. The van der Waals surface area contributed by atoms with Crippen LogP contribution < -0.4 is 0 Å². The van der Waals surface area contributed by atoms with E-state index in [4.69, 9.17) is 4.18 Å². The standard InChI is InChI=1S/C21H26O3S/c22-25(23,17-19-8-2-1-3-9-19)24-15-7-11-18-10-6-14-21(16-18)20-12-4-5-13-20/h1-3,6,8-10,14,16,20H,4-5,7,11-13,15,17H2. The smallest absolute Gasteiger partial charge is 0.270 e. The number of rotatable bonds is 8. The Morgan fingerprint density at radius 1 is 0.920 bits per heavy atom. The van der Waals surface area contributed by atoms with Gasteiger partial charge in [0.05, 0.1) is 6.61 Å². The Kier molecular flexibility index (Phi) is 6.27. The zero-order valence-corrected chi connectivity index (χ0v) is 15.4. The summed E-state index contributed by atoms with van der Waals surface area (Å²) in [6, 6.07) is 17.9.